The molecule has 2 aromatic rings. The summed E-state index contributed by atoms with van der Waals surface area (Å²) in [6.07, 6.45) is 5.24. The molecule has 0 aliphatic carbocycles. The van der Waals surface area contributed by atoms with Crippen LogP contribution < -0.4 is 4.74 Å². The van der Waals surface area contributed by atoms with Crippen LogP contribution >= 0.6 is 11.6 Å². The Bertz CT molecular complexity index is 822. The van der Waals surface area contributed by atoms with Crippen molar-refractivity contribution in [3.05, 3.63) is 47.7 Å². The van der Waals surface area contributed by atoms with Gasteiger partial charge < -0.3 is 18.8 Å². The number of rotatable bonds is 7. The van der Waals surface area contributed by atoms with Gasteiger partial charge in [-0.3, -0.25) is 0 Å². The van der Waals surface area contributed by atoms with E-state index in [1.165, 1.54) is 0 Å². The van der Waals surface area contributed by atoms with Crippen LogP contribution in [-0.2, 0) is 14.3 Å². The summed E-state index contributed by atoms with van der Waals surface area (Å²) in [6, 6.07) is 5.57. The van der Waals surface area contributed by atoms with Crippen LogP contribution in [0.5, 0.6) is 5.75 Å². The highest BCUT2D eigenvalue weighted by Gasteiger charge is 2.21. The van der Waals surface area contributed by atoms with Gasteiger partial charge >= 0.3 is 5.97 Å². The monoisotopic (exact) mass is 392 g/mol. The SMILES string of the molecule is COc1cc(C=C(OCCCl)C(=O)OC(C)(C)C)ccc1-n1cnc(C)c1. The second-order valence-corrected chi connectivity index (χ2v) is 7.28. The molecular formula is C20H25ClN2O4. The number of benzene rings is 1. The highest BCUT2D eigenvalue weighted by atomic mass is 35.5. The standard InChI is InChI=1S/C20H25ClN2O4/c1-14-12-23(13-22-14)16-7-6-15(10-17(16)25-5)11-18(26-9-8-21)19(24)27-20(2,3)4/h6-7,10-13H,8-9H2,1-5H3. The summed E-state index contributed by atoms with van der Waals surface area (Å²) >= 11 is 5.69. The first-order valence-electron chi connectivity index (χ1n) is 8.56. The number of carbonyl (C=O) groups excluding carboxylic acids is 1. The van der Waals surface area contributed by atoms with Crippen molar-refractivity contribution in [3.63, 3.8) is 0 Å². The largest absolute Gasteiger partial charge is 0.495 e. The zero-order chi connectivity index (χ0) is 20.0. The van der Waals surface area contributed by atoms with Crippen molar-refractivity contribution in [2.24, 2.45) is 0 Å². The van der Waals surface area contributed by atoms with E-state index in [9.17, 15) is 4.79 Å². The topological polar surface area (TPSA) is 62.6 Å². The number of imidazole rings is 1. The maximum Gasteiger partial charge on any atom is 0.374 e. The van der Waals surface area contributed by atoms with Gasteiger partial charge in [-0.05, 0) is 51.5 Å². The number of methoxy groups -OCH3 is 1. The van der Waals surface area contributed by atoms with Crippen molar-refractivity contribution < 1.29 is 19.0 Å². The molecule has 0 unspecified atom stereocenters. The number of alkyl halides is 1. The Hall–Kier alpha value is -2.47. The number of esters is 1. The molecule has 0 radical (unpaired) electrons. The average Bonchev–Trinajstić information content (AvgIpc) is 3.03. The molecule has 0 spiro atoms. The number of halogens is 1. The molecule has 0 saturated carbocycles. The lowest BCUT2D eigenvalue weighted by atomic mass is 10.1. The molecule has 1 aromatic carbocycles. The van der Waals surface area contributed by atoms with Gasteiger partial charge in [-0.1, -0.05) is 6.07 Å². The average molecular weight is 393 g/mol. The van der Waals surface area contributed by atoms with Gasteiger partial charge in [-0.2, -0.15) is 0 Å². The van der Waals surface area contributed by atoms with Crippen LogP contribution in [0.4, 0.5) is 0 Å². The van der Waals surface area contributed by atoms with Crippen molar-refractivity contribution in [1.29, 1.82) is 0 Å². The zero-order valence-corrected chi connectivity index (χ0v) is 17.0. The van der Waals surface area contributed by atoms with E-state index in [-0.39, 0.29) is 18.2 Å². The van der Waals surface area contributed by atoms with Gasteiger partial charge in [0.1, 0.15) is 18.0 Å². The van der Waals surface area contributed by atoms with Gasteiger partial charge in [-0.25, -0.2) is 9.78 Å². The minimum absolute atomic E-state index is 0.0962. The van der Waals surface area contributed by atoms with E-state index in [0.29, 0.717) is 5.75 Å². The number of hydrogen-bond donors (Lipinski definition) is 0. The number of ether oxygens (including phenoxy) is 3. The Morgan fingerprint density at radius 3 is 2.63 bits per heavy atom. The van der Waals surface area contributed by atoms with Gasteiger partial charge in [0.05, 0.1) is 30.7 Å². The maximum absolute atomic E-state index is 12.4. The van der Waals surface area contributed by atoms with Crippen molar-refractivity contribution in [1.82, 2.24) is 9.55 Å². The van der Waals surface area contributed by atoms with E-state index >= 15 is 0 Å². The third-order valence-corrected chi connectivity index (χ3v) is 3.58. The molecule has 0 aliphatic heterocycles. The molecule has 6 nitrogen and oxygen atoms in total. The molecule has 146 valence electrons. The third kappa shape index (κ3) is 6.03. The predicted octanol–water partition coefficient (Wildman–Crippen LogP) is 4.13. The van der Waals surface area contributed by atoms with Crippen LogP contribution in [0.1, 0.15) is 32.0 Å². The Morgan fingerprint density at radius 2 is 2.07 bits per heavy atom. The predicted molar refractivity (Wildman–Crippen MR) is 105 cm³/mol. The maximum atomic E-state index is 12.4. The molecule has 1 heterocycles. The smallest absolute Gasteiger partial charge is 0.374 e. The number of nitrogens with zero attached hydrogens (tertiary/aromatic N) is 2. The Kier molecular flexibility index (Phi) is 6.91. The molecular weight excluding hydrogens is 368 g/mol. The van der Waals surface area contributed by atoms with Crippen molar-refractivity contribution in [3.8, 4) is 11.4 Å². The van der Waals surface area contributed by atoms with Crippen LogP contribution in [0.2, 0.25) is 0 Å². The first kappa shape index (κ1) is 20.8. The second-order valence-electron chi connectivity index (χ2n) is 6.90. The number of carbonyl (C=O) groups is 1. The third-order valence-electron chi connectivity index (χ3n) is 3.43. The fourth-order valence-corrected chi connectivity index (χ4v) is 2.42. The van der Waals surface area contributed by atoms with Crippen molar-refractivity contribution in [2.75, 3.05) is 19.6 Å². The summed E-state index contributed by atoms with van der Waals surface area (Å²) in [7, 11) is 1.59. The Morgan fingerprint density at radius 1 is 1.33 bits per heavy atom. The first-order chi connectivity index (χ1) is 12.7. The fourth-order valence-electron chi connectivity index (χ4n) is 2.34. The van der Waals surface area contributed by atoms with Crippen LogP contribution in [0, 0.1) is 6.92 Å². The molecule has 27 heavy (non-hydrogen) atoms. The summed E-state index contributed by atoms with van der Waals surface area (Å²) in [5.74, 6) is 0.462. The molecule has 7 heteroatoms. The van der Waals surface area contributed by atoms with Crippen molar-refractivity contribution >= 4 is 23.6 Å². The molecule has 0 saturated heterocycles. The minimum atomic E-state index is -0.624. The van der Waals surface area contributed by atoms with Crippen LogP contribution in [0.15, 0.2) is 36.5 Å². The van der Waals surface area contributed by atoms with Crippen LogP contribution in [0.25, 0.3) is 11.8 Å². The number of aromatic nitrogens is 2. The van der Waals surface area contributed by atoms with Gasteiger partial charge in [0.2, 0.25) is 5.76 Å². The number of aryl methyl sites for hydroxylation is 1. The van der Waals surface area contributed by atoms with Gasteiger partial charge in [0.25, 0.3) is 0 Å². The molecule has 0 bridgehead atoms. The lowest BCUT2D eigenvalue weighted by Crippen LogP contribution is -2.25. The fraction of sp³-hybridized carbons (Fsp3) is 0.400. The Labute approximate surface area is 164 Å². The summed E-state index contributed by atoms with van der Waals surface area (Å²) < 4.78 is 18.3. The summed E-state index contributed by atoms with van der Waals surface area (Å²) in [6.45, 7) is 7.52. The van der Waals surface area contributed by atoms with E-state index in [1.807, 2.05) is 35.9 Å². The van der Waals surface area contributed by atoms with E-state index < -0.39 is 11.6 Å². The summed E-state index contributed by atoms with van der Waals surface area (Å²) in [5.41, 5.74) is 1.86. The highest BCUT2D eigenvalue weighted by molar-refractivity contribution is 6.18. The van der Waals surface area contributed by atoms with E-state index in [4.69, 9.17) is 25.8 Å². The lowest BCUT2D eigenvalue weighted by Gasteiger charge is -2.20. The van der Waals surface area contributed by atoms with Crippen LogP contribution in [-0.4, -0.2) is 40.7 Å². The second kappa shape index (κ2) is 8.95. The highest BCUT2D eigenvalue weighted by Crippen LogP contribution is 2.26. The Balaban J connectivity index is 2.36. The molecule has 0 N–H and O–H groups in total. The minimum Gasteiger partial charge on any atom is -0.495 e. The molecule has 2 rings (SSSR count). The lowest BCUT2D eigenvalue weighted by molar-refractivity contribution is -0.153. The first-order valence-corrected chi connectivity index (χ1v) is 9.10. The van der Waals surface area contributed by atoms with Crippen molar-refractivity contribution in [2.45, 2.75) is 33.3 Å². The summed E-state index contributed by atoms with van der Waals surface area (Å²) in [4.78, 5) is 16.6. The molecule has 0 fully saturated rings. The molecule has 1 aromatic heterocycles. The van der Waals surface area contributed by atoms with E-state index in [2.05, 4.69) is 4.98 Å². The zero-order valence-electron chi connectivity index (χ0n) is 16.3. The number of hydrogen-bond acceptors (Lipinski definition) is 5. The van der Waals surface area contributed by atoms with Gasteiger partial charge in [0, 0.05) is 6.20 Å². The van der Waals surface area contributed by atoms with Gasteiger partial charge in [-0.15, -0.1) is 11.6 Å². The quantitative estimate of drug-likeness (QED) is 0.307. The molecule has 0 amide bonds. The van der Waals surface area contributed by atoms with Crippen LogP contribution in [0.3, 0.4) is 0 Å². The molecule has 0 atom stereocenters. The van der Waals surface area contributed by atoms with Gasteiger partial charge in [0.15, 0.2) is 0 Å². The summed E-state index contributed by atoms with van der Waals surface area (Å²) in [5, 5.41) is 0. The van der Waals surface area contributed by atoms with E-state index in [0.717, 1.165) is 16.9 Å². The molecule has 0 aliphatic rings. The van der Waals surface area contributed by atoms with E-state index in [1.54, 1.807) is 40.3 Å². The normalized spacial score (nSPS) is 12.0.